The molecule has 3 saturated heterocycles. The van der Waals surface area contributed by atoms with Crippen molar-refractivity contribution in [3.8, 4) is 11.3 Å². The van der Waals surface area contributed by atoms with Crippen LogP contribution in [0.25, 0.3) is 22.2 Å². The Hall–Kier alpha value is -2.38. The quantitative estimate of drug-likeness (QED) is 0.292. The zero-order valence-corrected chi connectivity index (χ0v) is 27.2. The molecule has 6 bridgehead atoms. The van der Waals surface area contributed by atoms with E-state index >= 15 is 4.39 Å². The number of halogens is 3. The number of aromatic nitrogens is 3. The summed E-state index contributed by atoms with van der Waals surface area (Å²) in [5, 5.41) is 1.36. The van der Waals surface area contributed by atoms with Gasteiger partial charge in [0.1, 0.15) is 29.0 Å². The zero-order valence-electron chi connectivity index (χ0n) is 26.4. The third kappa shape index (κ3) is 5.72. The standard InChI is InChI=1S/C36H46ClF2N5/c1-24-18-27-26(29(37)19-24)10-6-4-3-5-7-12-35(2)13-8-16-43(23-35)34-28-21-40-32(27)31(39)33(28)41-30(42-34)11-15-36-14-9-17-44(36)22-25(38)20-36/h18-19,21,25H,3-17,20,22-23H2,1-2H3/t25?,35?,36-/m1/s1. The lowest BCUT2D eigenvalue weighted by atomic mass is 9.77. The van der Waals surface area contributed by atoms with E-state index < -0.39 is 12.0 Å². The third-order valence-electron chi connectivity index (χ3n) is 11.2. The van der Waals surface area contributed by atoms with Crippen LogP contribution in [0.5, 0.6) is 0 Å². The Morgan fingerprint density at radius 2 is 1.80 bits per heavy atom. The second-order valence-corrected chi connectivity index (χ2v) is 15.0. The van der Waals surface area contributed by atoms with Gasteiger partial charge in [0.2, 0.25) is 0 Å². The van der Waals surface area contributed by atoms with Crippen LogP contribution in [0.1, 0.15) is 101 Å². The molecule has 5 nitrogen and oxygen atoms in total. The molecule has 3 fully saturated rings. The maximum absolute atomic E-state index is 16.9. The van der Waals surface area contributed by atoms with Crippen LogP contribution in [0.3, 0.4) is 0 Å². The first-order chi connectivity index (χ1) is 21.2. The van der Waals surface area contributed by atoms with Crippen molar-refractivity contribution in [2.75, 3.05) is 31.1 Å². The van der Waals surface area contributed by atoms with E-state index in [0.717, 1.165) is 87.1 Å². The highest BCUT2D eigenvalue weighted by molar-refractivity contribution is 6.31. The van der Waals surface area contributed by atoms with Crippen LogP contribution in [0.4, 0.5) is 14.6 Å². The van der Waals surface area contributed by atoms with E-state index in [0.29, 0.717) is 46.8 Å². The molecule has 7 heterocycles. The Labute approximate surface area is 265 Å². The molecule has 3 aromatic rings. The first kappa shape index (κ1) is 30.3. The number of anilines is 1. The van der Waals surface area contributed by atoms with Gasteiger partial charge in [-0.2, -0.15) is 0 Å². The van der Waals surface area contributed by atoms with Crippen LogP contribution < -0.4 is 4.90 Å². The summed E-state index contributed by atoms with van der Waals surface area (Å²) in [6.45, 7) is 7.69. The molecule has 5 aliphatic heterocycles. The van der Waals surface area contributed by atoms with Crippen LogP contribution in [0, 0.1) is 18.2 Å². The van der Waals surface area contributed by atoms with Crippen LogP contribution in [0.15, 0.2) is 18.3 Å². The van der Waals surface area contributed by atoms with Crippen molar-refractivity contribution >= 4 is 28.3 Å². The van der Waals surface area contributed by atoms with Gasteiger partial charge in [-0.3, -0.25) is 9.88 Å². The lowest BCUT2D eigenvalue weighted by Crippen LogP contribution is -2.42. The minimum atomic E-state index is -0.771. The van der Waals surface area contributed by atoms with E-state index in [1.807, 2.05) is 19.1 Å². The van der Waals surface area contributed by atoms with E-state index in [1.165, 1.54) is 32.1 Å². The monoisotopic (exact) mass is 621 g/mol. The maximum Gasteiger partial charge on any atom is 0.175 e. The molecule has 0 spiro atoms. The molecule has 5 aliphatic rings. The molecule has 8 rings (SSSR count). The summed E-state index contributed by atoms with van der Waals surface area (Å²) in [4.78, 5) is 19.6. The molecule has 3 atom stereocenters. The Balaban J connectivity index is 1.35. The number of benzene rings is 1. The van der Waals surface area contributed by atoms with Crippen molar-refractivity contribution in [1.29, 1.82) is 0 Å². The Kier molecular flexibility index (Phi) is 8.32. The van der Waals surface area contributed by atoms with Gasteiger partial charge in [0.25, 0.3) is 0 Å². The average Bonchev–Trinajstić information content (AvgIpc) is 3.51. The largest absolute Gasteiger partial charge is 0.355 e. The van der Waals surface area contributed by atoms with Crippen molar-refractivity contribution in [2.24, 2.45) is 5.41 Å². The fraction of sp³-hybridized carbons (Fsp3) is 0.639. The minimum Gasteiger partial charge on any atom is -0.355 e. The summed E-state index contributed by atoms with van der Waals surface area (Å²) in [6.07, 6.45) is 15.2. The predicted molar refractivity (Wildman–Crippen MR) is 175 cm³/mol. The molecule has 2 aromatic heterocycles. The smallest absolute Gasteiger partial charge is 0.175 e. The molecule has 0 aliphatic carbocycles. The highest BCUT2D eigenvalue weighted by Crippen LogP contribution is 2.44. The van der Waals surface area contributed by atoms with Crippen LogP contribution in [0.2, 0.25) is 5.02 Å². The van der Waals surface area contributed by atoms with Crippen LogP contribution in [-0.2, 0) is 12.8 Å². The summed E-state index contributed by atoms with van der Waals surface area (Å²) in [7, 11) is 0. The van der Waals surface area contributed by atoms with Crippen molar-refractivity contribution in [3.05, 3.63) is 46.1 Å². The third-order valence-corrected chi connectivity index (χ3v) is 11.5. The fourth-order valence-corrected chi connectivity index (χ4v) is 9.27. The van der Waals surface area contributed by atoms with E-state index in [-0.39, 0.29) is 11.0 Å². The molecule has 0 saturated carbocycles. The molecular weight excluding hydrogens is 576 g/mol. The SMILES string of the molecule is Cc1cc(Cl)c2c(c1)-c1ncc3c(nc(CC[C@@]45CCCN4CC(F)C5)nc3c1F)N1CCCC(C)(CCCCCCC2)C1. The summed E-state index contributed by atoms with van der Waals surface area (Å²) < 4.78 is 31.4. The van der Waals surface area contributed by atoms with Crippen molar-refractivity contribution in [3.63, 3.8) is 0 Å². The number of pyridine rings is 1. The van der Waals surface area contributed by atoms with E-state index in [9.17, 15) is 4.39 Å². The van der Waals surface area contributed by atoms with Crippen LogP contribution >= 0.6 is 11.6 Å². The first-order valence-corrected chi connectivity index (χ1v) is 17.4. The van der Waals surface area contributed by atoms with E-state index in [1.54, 1.807) is 6.20 Å². The summed E-state index contributed by atoms with van der Waals surface area (Å²) >= 11 is 6.82. The minimum absolute atomic E-state index is 0.122. The molecule has 0 amide bonds. The van der Waals surface area contributed by atoms with Crippen molar-refractivity contribution in [1.82, 2.24) is 19.9 Å². The van der Waals surface area contributed by atoms with E-state index in [4.69, 9.17) is 26.6 Å². The Morgan fingerprint density at radius 3 is 2.68 bits per heavy atom. The fourth-order valence-electron chi connectivity index (χ4n) is 8.91. The molecule has 8 heteroatoms. The van der Waals surface area contributed by atoms with Gasteiger partial charge in [-0.05, 0) is 99.9 Å². The normalized spacial score (nSPS) is 28.0. The van der Waals surface area contributed by atoms with Gasteiger partial charge in [-0.15, -0.1) is 0 Å². The number of hydrogen-bond acceptors (Lipinski definition) is 5. The van der Waals surface area contributed by atoms with Gasteiger partial charge in [0, 0.05) is 48.4 Å². The van der Waals surface area contributed by atoms with Gasteiger partial charge in [0.15, 0.2) is 5.82 Å². The average molecular weight is 622 g/mol. The lowest BCUT2D eigenvalue weighted by molar-refractivity contribution is 0.181. The number of rotatable bonds is 3. The lowest BCUT2D eigenvalue weighted by Gasteiger charge is -2.41. The van der Waals surface area contributed by atoms with Gasteiger partial charge in [0.05, 0.1) is 5.39 Å². The van der Waals surface area contributed by atoms with Crippen molar-refractivity contribution in [2.45, 2.75) is 115 Å². The van der Waals surface area contributed by atoms with E-state index in [2.05, 4.69) is 16.7 Å². The molecule has 2 unspecified atom stereocenters. The number of alkyl halides is 1. The van der Waals surface area contributed by atoms with Gasteiger partial charge in [-0.1, -0.05) is 44.2 Å². The maximum atomic E-state index is 16.9. The predicted octanol–water partition coefficient (Wildman–Crippen LogP) is 8.80. The molecule has 1 aromatic carbocycles. The number of hydrogen-bond donors (Lipinski definition) is 0. The number of aryl methyl sites for hydroxylation is 2. The second-order valence-electron chi connectivity index (χ2n) is 14.6. The molecule has 44 heavy (non-hydrogen) atoms. The number of piperidine rings is 1. The topological polar surface area (TPSA) is 45.2 Å². The van der Waals surface area contributed by atoms with Gasteiger partial charge < -0.3 is 4.90 Å². The molecule has 236 valence electrons. The van der Waals surface area contributed by atoms with Gasteiger partial charge >= 0.3 is 0 Å². The molecular formula is C36H46ClF2N5. The summed E-state index contributed by atoms with van der Waals surface area (Å²) in [5.41, 5.74) is 3.45. The highest BCUT2D eigenvalue weighted by Gasteiger charge is 2.48. The van der Waals surface area contributed by atoms with Gasteiger partial charge in [-0.25, -0.2) is 18.7 Å². The second kappa shape index (κ2) is 12.1. The Morgan fingerprint density at radius 1 is 1.00 bits per heavy atom. The highest BCUT2D eigenvalue weighted by atomic mass is 35.5. The zero-order chi connectivity index (χ0) is 30.5. The summed E-state index contributed by atoms with van der Waals surface area (Å²) in [5.74, 6) is 1.06. The summed E-state index contributed by atoms with van der Waals surface area (Å²) in [6, 6.07) is 4.00. The molecule has 0 radical (unpaired) electrons. The van der Waals surface area contributed by atoms with Crippen LogP contribution in [-0.4, -0.2) is 57.7 Å². The number of nitrogens with zero attached hydrogens (tertiary/aromatic N) is 5. The number of fused-ring (bicyclic) bond motifs is 8. The Bertz CT molecular complexity index is 1550. The first-order valence-electron chi connectivity index (χ1n) is 17.0. The molecule has 0 N–H and O–H groups in total. The van der Waals surface area contributed by atoms with Crippen molar-refractivity contribution < 1.29 is 8.78 Å².